The number of nitrogens with zero attached hydrogens (tertiary/aromatic N) is 3. The number of halogens is 3. The SMILES string of the molecule is CCO.COC.Cc1nccc(N2CCc3ccc(Oc4ccc(C(F)(F)F)cc4)cc3C2=O)n1. The predicted octanol–water partition coefficient (Wildman–Crippen LogP) is 5.06. The van der Waals surface area contributed by atoms with E-state index in [1.54, 1.807) is 63.4 Å². The number of hydrogen-bond donors (Lipinski definition) is 1. The summed E-state index contributed by atoms with van der Waals surface area (Å²) in [5, 5.41) is 7.57. The summed E-state index contributed by atoms with van der Waals surface area (Å²) in [5.41, 5.74) is 0.620. The molecule has 0 saturated heterocycles. The Morgan fingerprint density at radius 2 is 1.66 bits per heavy atom. The lowest BCUT2D eigenvalue weighted by Crippen LogP contribution is -2.38. The van der Waals surface area contributed by atoms with Gasteiger partial charge in [0.25, 0.3) is 5.91 Å². The van der Waals surface area contributed by atoms with E-state index >= 15 is 0 Å². The van der Waals surface area contributed by atoms with Crippen LogP contribution in [0.3, 0.4) is 0 Å². The van der Waals surface area contributed by atoms with E-state index in [4.69, 9.17) is 9.84 Å². The van der Waals surface area contributed by atoms with Gasteiger partial charge in [-0.05, 0) is 68.3 Å². The number of carbonyl (C=O) groups is 1. The van der Waals surface area contributed by atoms with E-state index < -0.39 is 11.7 Å². The lowest BCUT2D eigenvalue weighted by molar-refractivity contribution is -0.137. The number of benzene rings is 2. The highest BCUT2D eigenvalue weighted by atomic mass is 19.4. The van der Waals surface area contributed by atoms with Crippen molar-refractivity contribution >= 4 is 11.7 Å². The molecule has 0 radical (unpaired) electrons. The van der Waals surface area contributed by atoms with Crippen molar-refractivity contribution in [2.24, 2.45) is 0 Å². The molecule has 0 unspecified atom stereocenters. The molecule has 0 atom stereocenters. The normalized spacial score (nSPS) is 12.6. The fourth-order valence-corrected chi connectivity index (χ4v) is 3.18. The molecule has 3 aromatic rings. The quantitative estimate of drug-likeness (QED) is 0.551. The monoisotopic (exact) mass is 491 g/mol. The van der Waals surface area contributed by atoms with Crippen molar-refractivity contribution in [3.63, 3.8) is 0 Å². The van der Waals surface area contributed by atoms with Crippen LogP contribution in [0.4, 0.5) is 19.0 Å². The summed E-state index contributed by atoms with van der Waals surface area (Å²) < 4.78 is 48.0. The number of amides is 1. The number of alkyl halides is 3. The Bertz CT molecular complexity index is 1100. The highest BCUT2D eigenvalue weighted by molar-refractivity contribution is 6.07. The van der Waals surface area contributed by atoms with Gasteiger partial charge in [-0.3, -0.25) is 9.69 Å². The fraction of sp³-hybridized carbons (Fsp3) is 0.320. The summed E-state index contributed by atoms with van der Waals surface area (Å²) in [6, 6.07) is 11.2. The van der Waals surface area contributed by atoms with Gasteiger partial charge in [0.15, 0.2) is 0 Å². The first-order valence-corrected chi connectivity index (χ1v) is 10.7. The number of aryl methyl sites for hydroxylation is 1. The molecule has 1 amide bonds. The van der Waals surface area contributed by atoms with Gasteiger partial charge in [0.1, 0.15) is 23.1 Å². The third-order valence-electron chi connectivity index (χ3n) is 4.62. The molecule has 0 spiro atoms. The molecule has 1 aliphatic rings. The molecule has 0 saturated carbocycles. The van der Waals surface area contributed by atoms with E-state index in [2.05, 4.69) is 14.7 Å². The van der Waals surface area contributed by atoms with Gasteiger partial charge in [0.2, 0.25) is 0 Å². The molecular formula is C25H28F3N3O4. The minimum absolute atomic E-state index is 0.206. The number of fused-ring (bicyclic) bond motifs is 1. The summed E-state index contributed by atoms with van der Waals surface area (Å²) in [5.74, 6) is 1.52. The lowest BCUT2D eigenvalue weighted by Gasteiger charge is -2.28. The minimum Gasteiger partial charge on any atom is -0.457 e. The summed E-state index contributed by atoms with van der Waals surface area (Å²) >= 11 is 0. The summed E-state index contributed by atoms with van der Waals surface area (Å²) in [4.78, 5) is 22.9. The summed E-state index contributed by atoms with van der Waals surface area (Å²) in [7, 11) is 3.25. The van der Waals surface area contributed by atoms with Crippen molar-refractivity contribution in [1.29, 1.82) is 0 Å². The minimum atomic E-state index is -4.40. The number of aliphatic hydroxyl groups is 1. The number of hydrogen-bond acceptors (Lipinski definition) is 6. The molecule has 35 heavy (non-hydrogen) atoms. The zero-order chi connectivity index (χ0) is 26.0. The van der Waals surface area contributed by atoms with Crippen LogP contribution in [0, 0.1) is 6.92 Å². The largest absolute Gasteiger partial charge is 0.457 e. The maximum Gasteiger partial charge on any atom is 0.416 e. The molecule has 0 aliphatic carbocycles. The van der Waals surface area contributed by atoms with Crippen LogP contribution in [-0.2, 0) is 17.3 Å². The number of aromatic nitrogens is 2. The molecule has 4 rings (SSSR count). The number of carbonyl (C=O) groups excluding carboxylic acids is 1. The van der Waals surface area contributed by atoms with Crippen LogP contribution in [0.1, 0.15) is 34.2 Å². The number of methoxy groups -OCH3 is 1. The van der Waals surface area contributed by atoms with Crippen LogP contribution in [0.25, 0.3) is 0 Å². The Hall–Kier alpha value is -3.50. The maximum atomic E-state index is 13.0. The molecular weight excluding hydrogens is 463 g/mol. The van der Waals surface area contributed by atoms with Crippen LogP contribution in [0.2, 0.25) is 0 Å². The highest BCUT2D eigenvalue weighted by Crippen LogP contribution is 2.32. The van der Waals surface area contributed by atoms with Crippen molar-refractivity contribution in [2.75, 3.05) is 32.3 Å². The van der Waals surface area contributed by atoms with Crippen molar-refractivity contribution in [1.82, 2.24) is 9.97 Å². The van der Waals surface area contributed by atoms with Gasteiger partial charge in [-0.25, -0.2) is 9.97 Å². The molecule has 188 valence electrons. The van der Waals surface area contributed by atoms with Gasteiger partial charge in [-0.1, -0.05) is 6.07 Å². The zero-order valence-electron chi connectivity index (χ0n) is 20.0. The van der Waals surface area contributed by atoms with Crippen LogP contribution < -0.4 is 9.64 Å². The van der Waals surface area contributed by atoms with Gasteiger partial charge >= 0.3 is 6.18 Å². The van der Waals surface area contributed by atoms with Gasteiger partial charge in [-0.15, -0.1) is 0 Å². The van der Waals surface area contributed by atoms with Crippen LogP contribution in [0.15, 0.2) is 54.7 Å². The second-order valence-corrected chi connectivity index (χ2v) is 7.34. The van der Waals surface area contributed by atoms with E-state index in [1.807, 2.05) is 0 Å². The number of rotatable bonds is 3. The number of aliphatic hydroxyl groups excluding tert-OH is 1. The smallest absolute Gasteiger partial charge is 0.416 e. The highest BCUT2D eigenvalue weighted by Gasteiger charge is 2.30. The van der Waals surface area contributed by atoms with E-state index in [9.17, 15) is 18.0 Å². The molecule has 7 nitrogen and oxygen atoms in total. The van der Waals surface area contributed by atoms with E-state index in [0.29, 0.717) is 35.9 Å². The third-order valence-corrected chi connectivity index (χ3v) is 4.62. The Morgan fingerprint density at radius 3 is 2.23 bits per heavy atom. The topological polar surface area (TPSA) is 84.8 Å². The molecule has 1 aliphatic heterocycles. The Labute approximate surface area is 202 Å². The summed E-state index contributed by atoms with van der Waals surface area (Å²) in [6.07, 6.45) is -2.14. The molecule has 0 fully saturated rings. The molecule has 1 N–H and O–H groups in total. The van der Waals surface area contributed by atoms with E-state index in [-0.39, 0.29) is 18.3 Å². The van der Waals surface area contributed by atoms with Gasteiger partial charge in [0.05, 0.1) is 5.56 Å². The van der Waals surface area contributed by atoms with Crippen LogP contribution in [0.5, 0.6) is 11.5 Å². The second kappa shape index (κ2) is 12.8. The first-order valence-electron chi connectivity index (χ1n) is 10.7. The van der Waals surface area contributed by atoms with Crippen molar-refractivity contribution < 1.29 is 32.5 Å². The second-order valence-electron chi connectivity index (χ2n) is 7.34. The van der Waals surface area contributed by atoms with Crippen molar-refractivity contribution in [3.05, 3.63) is 77.2 Å². The van der Waals surface area contributed by atoms with Crippen LogP contribution in [-0.4, -0.2) is 48.4 Å². The summed E-state index contributed by atoms with van der Waals surface area (Å²) in [6.45, 7) is 4.18. The molecule has 1 aromatic heterocycles. The van der Waals surface area contributed by atoms with Gasteiger partial charge < -0.3 is 14.6 Å². The Kier molecular flexibility index (Phi) is 10.2. The van der Waals surface area contributed by atoms with E-state index in [0.717, 1.165) is 17.7 Å². The standard InChI is InChI=1S/C21H16F3N3O2.2C2H6O/c1-13-25-10-8-19(26-13)27-11-9-14-2-5-17(12-18(14)20(27)28)29-16-6-3-15(4-7-16)21(22,23)24;1-3-2;1-2-3/h2-8,10,12H,9,11H2,1H3;1-2H3;3H,2H2,1H3. The van der Waals surface area contributed by atoms with Gasteiger partial charge in [-0.2, -0.15) is 13.2 Å². The van der Waals surface area contributed by atoms with Gasteiger partial charge in [0, 0.05) is 39.1 Å². The first-order chi connectivity index (χ1) is 16.6. The number of ether oxygens (including phenoxy) is 2. The van der Waals surface area contributed by atoms with Crippen molar-refractivity contribution in [2.45, 2.75) is 26.4 Å². The zero-order valence-corrected chi connectivity index (χ0v) is 20.0. The predicted molar refractivity (Wildman–Crippen MR) is 126 cm³/mol. The fourth-order valence-electron chi connectivity index (χ4n) is 3.18. The maximum absolute atomic E-state index is 13.0. The molecule has 10 heteroatoms. The molecule has 0 bridgehead atoms. The van der Waals surface area contributed by atoms with E-state index in [1.165, 1.54) is 12.1 Å². The Morgan fingerprint density at radius 1 is 1.06 bits per heavy atom. The third kappa shape index (κ3) is 7.76. The molecule has 2 heterocycles. The number of anilines is 1. The Balaban J connectivity index is 0.000000655. The van der Waals surface area contributed by atoms with Crippen molar-refractivity contribution in [3.8, 4) is 11.5 Å². The average Bonchev–Trinajstić information content (AvgIpc) is 2.80. The lowest BCUT2D eigenvalue weighted by atomic mass is 9.98. The average molecular weight is 492 g/mol. The first kappa shape index (κ1) is 27.7. The van der Waals surface area contributed by atoms with Crippen LogP contribution >= 0.6 is 0 Å². The molecule has 2 aromatic carbocycles.